The van der Waals surface area contributed by atoms with Gasteiger partial charge in [0, 0.05) is 24.9 Å². The summed E-state index contributed by atoms with van der Waals surface area (Å²) in [5.74, 6) is 0.414. The Bertz CT molecular complexity index is 444. The number of carbonyl (C=O) groups is 1. The Balaban J connectivity index is 2.68. The molecule has 0 unspecified atom stereocenters. The summed E-state index contributed by atoms with van der Waals surface area (Å²) >= 11 is 0. The van der Waals surface area contributed by atoms with Crippen molar-refractivity contribution < 1.29 is 14.3 Å². The lowest BCUT2D eigenvalue weighted by Crippen LogP contribution is -2.40. The van der Waals surface area contributed by atoms with Crippen molar-refractivity contribution in [2.24, 2.45) is 0 Å². The zero-order chi connectivity index (χ0) is 14.5. The summed E-state index contributed by atoms with van der Waals surface area (Å²) in [6, 6.07) is 4.98. The Morgan fingerprint density at radius 2 is 2.11 bits per heavy atom. The Labute approximate surface area is 114 Å². The van der Waals surface area contributed by atoms with Crippen molar-refractivity contribution in [2.75, 3.05) is 26.0 Å². The van der Waals surface area contributed by atoms with Crippen LogP contribution in [0.5, 0.6) is 5.75 Å². The molecule has 1 aromatic rings. The molecule has 0 aliphatic heterocycles. The van der Waals surface area contributed by atoms with Gasteiger partial charge in [-0.2, -0.15) is 0 Å². The van der Waals surface area contributed by atoms with Crippen LogP contribution < -0.4 is 15.8 Å². The predicted octanol–water partition coefficient (Wildman–Crippen LogP) is 1.82. The third-order valence-corrected chi connectivity index (χ3v) is 2.71. The fourth-order valence-corrected chi connectivity index (χ4v) is 1.70. The topological polar surface area (TPSA) is 73.6 Å². The lowest BCUT2D eigenvalue weighted by atomic mass is 10.1. The maximum Gasteiger partial charge on any atom is 0.253 e. The van der Waals surface area contributed by atoms with Gasteiger partial charge in [0.2, 0.25) is 0 Å². The Morgan fingerprint density at radius 3 is 2.63 bits per heavy atom. The van der Waals surface area contributed by atoms with Gasteiger partial charge in [-0.25, -0.2) is 0 Å². The number of anilines is 1. The highest BCUT2D eigenvalue weighted by Crippen LogP contribution is 2.19. The molecule has 5 heteroatoms. The largest absolute Gasteiger partial charge is 0.497 e. The molecule has 3 N–H and O–H groups in total. The number of carbonyl (C=O) groups excluding carboxylic acids is 1. The first-order valence-corrected chi connectivity index (χ1v) is 6.25. The number of methoxy groups -OCH3 is 1. The van der Waals surface area contributed by atoms with E-state index in [-0.39, 0.29) is 5.91 Å². The van der Waals surface area contributed by atoms with Crippen LogP contribution in [0.15, 0.2) is 18.2 Å². The number of hydrogen-bond acceptors (Lipinski definition) is 4. The summed E-state index contributed by atoms with van der Waals surface area (Å²) in [7, 11) is 1.55. The van der Waals surface area contributed by atoms with E-state index < -0.39 is 5.60 Å². The van der Waals surface area contributed by atoms with Crippen LogP contribution in [0.25, 0.3) is 0 Å². The molecule has 0 aliphatic carbocycles. The number of rotatable bonds is 6. The third-order valence-electron chi connectivity index (χ3n) is 2.71. The van der Waals surface area contributed by atoms with Crippen LogP contribution >= 0.6 is 0 Å². The second-order valence-corrected chi connectivity index (χ2v) is 4.83. The molecule has 0 aliphatic rings. The van der Waals surface area contributed by atoms with Crippen LogP contribution in [0.2, 0.25) is 0 Å². The summed E-state index contributed by atoms with van der Waals surface area (Å²) in [4.78, 5) is 12.0. The first-order chi connectivity index (χ1) is 8.89. The first kappa shape index (κ1) is 15.3. The zero-order valence-electron chi connectivity index (χ0n) is 11.9. The monoisotopic (exact) mass is 266 g/mol. The minimum Gasteiger partial charge on any atom is -0.497 e. The van der Waals surface area contributed by atoms with Gasteiger partial charge in [0.15, 0.2) is 0 Å². The van der Waals surface area contributed by atoms with E-state index in [1.54, 1.807) is 25.3 Å². The molecule has 0 saturated heterocycles. The molecule has 0 bridgehead atoms. The molecule has 0 aromatic heterocycles. The smallest absolute Gasteiger partial charge is 0.253 e. The Morgan fingerprint density at radius 1 is 1.42 bits per heavy atom. The van der Waals surface area contributed by atoms with E-state index in [0.717, 1.165) is 0 Å². The molecule has 106 valence electrons. The van der Waals surface area contributed by atoms with Crippen LogP contribution in [0.3, 0.4) is 0 Å². The highest BCUT2D eigenvalue weighted by molar-refractivity contribution is 5.99. The molecule has 0 radical (unpaired) electrons. The number of nitrogen functional groups attached to an aromatic ring is 1. The normalized spacial score (nSPS) is 11.2. The molecule has 1 rings (SSSR count). The van der Waals surface area contributed by atoms with Crippen molar-refractivity contribution in [3.8, 4) is 5.75 Å². The van der Waals surface area contributed by atoms with Crippen LogP contribution in [-0.4, -0.2) is 31.8 Å². The quantitative estimate of drug-likeness (QED) is 0.770. The van der Waals surface area contributed by atoms with E-state index in [4.69, 9.17) is 15.2 Å². The van der Waals surface area contributed by atoms with E-state index in [1.807, 2.05) is 20.8 Å². The summed E-state index contributed by atoms with van der Waals surface area (Å²) in [6.07, 6.45) is 0. The SMILES string of the molecule is CCOC(C)(C)CNC(=O)c1ccc(OC)cc1N. The maximum absolute atomic E-state index is 12.0. The van der Waals surface area contributed by atoms with E-state index in [0.29, 0.717) is 30.2 Å². The molecule has 0 saturated carbocycles. The Hall–Kier alpha value is -1.75. The van der Waals surface area contributed by atoms with Gasteiger partial charge in [0.25, 0.3) is 5.91 Å². The molecular weight excluding hydrogens is 244 g/mol. The second kappa shape index (κ2) is 6.43. The zero-order valence-corrected chi connectivity index (χ0v) is 11.9. The van der Waals surface area contributed by atoms with Crippen LogP contribution in [0, 0.1) is 0 Å². The van der Waals surface area contributed by atoms with Gasteiger partial charge in [-0.3, -0.25) is 4.79 Å². The predicted molar refractivity (Wildman–Crippen MR) is 75.4 cm³/mol. The summed E-state index contributed by atoms with van der Waals surface area (Å²) < 4.78 is 10.6. The van der Waals surface area contributed by atoms with E-state index >= 15 is 0 Å². The molecule has 1 amide bonds. The number of nitrogens with one attached hydrogen (secondary N) is 1. The van der Waals surface area contributed by atoms with Gasteiger partial charge in [0.1, 0.15) is 5.75 Å². The first-order valence-electron chi connectivity index (χ1n) is 6.25. The third kappa shape index (κ3) is 4.44. The highest BCUT2D eigenvalue weighted by atomic mass is 16.5. The number of hydrogen-bond donors (Lipinski definition) is 2. The molecule has 0 heterocycles. The van der Waals surface area contributed by atoms with Crippen molar-refractivity contribution in [1.29, 1.82) is 0 Å². The summed E-state index contributed by atoms with van der Waals surface area (Å²) in [5.41, 5.74) is 6.26. The second-order valence-electron chi connectivity index (χ2n) is 4.83. The number of benzene rings is 1. The van der Waals surface area contributed by atoms with E-state index in [1.165, 1.54) is 0 Å². The van der Waals surface area contributed by atoms with E-state index in [2.05, 4.69) is 5.32 Å². The minimum atomic E-state index is -0.397. The minimum absolute atomic E-state index is 0.215. The van der Waals surface area contributed by atoms with Gasteiger partial charge in [-0.15, -0.1) is 0 Å². The molecule has 0 atom stereocenters. The van der Waals surface area contributed by atoms with Crippen molar-refractivity contribution in [1.82, 2.24) is 5.32 Å². The van der Waals surface area contributed by atoms with Crippen LogP contribution in [0.4, 0.5) is 5.69 Å². The molecule has 19 heavy (non-hydrogen) atoms. The van der Waals surface area contributed by atoms with Crippen LogP contribution in [-0.2, 0) is 4.74 Å². The van der Waals surface area contributed by atoms with E-state index in [9.17, 15) is 4.79 Å². The standard InChI is InChI=1S/C14H22N2O3/c1-5-19-14(2,3)9-16-13(17)11-7-6-10(18-4)8-12(11)15/h6-8H,5,9,15H2,1-4H3,(H,16,17). The fraction of sp³-hybridized carbons (Fsp3) is 0.500. The van der Waals surface area contributed by atoms with Crippen molar-refractivity contribution in [2.45, 2.75) is 26.4 Å². The van der Waals surface area contributed by atoms with Gasteiger partial charge < -0.3 is 20.5 Å². The lowest BCUT2D eigenvalue weighted by Gasteiger charge is -2.25. The average Bonchev–Trinajstić information content (AvgIpc) is 2.36. The van der Waals surface area contributed by atoms with Gasteiger partial charge in [-0.1, -0.05) is 0 Å². The average molecular weight is 266 g/mol. The van der Waals surface area contributed by atoms with Crippen molar-refractivity contribution in [3.05, 3.63) is 23.8 Å². The fourth-order valence-electron chi connectivity index (χ4n) is 1.70. The Kier molecular flexibility index (Phi) is 5.18. The van der Waals surface area contributed by atoms with Crippen LogP contribution in [0.1, 0.15) is 31.1 Å². The molecule has 5 nitrogen and oxygen atoms in total. The van der Waals surface area contributed by atoms with Gasteiger partial charge in [-0.05, 0) is 32.9 Å². The molecule has 1 aromatic carbocycles. The molecule has 0 spiro atoms. The van der Waals surface area contributed by atoms with Gasteiger partial charge in [0.05, 0.1) is 18.3 Å². The summed E-state index contributed by atoms with van der Waals surface area (Å²) in [6.45, 7) is 6.80. The molecule has 0 fully saturated rings. The summed E-state index contributed by atoms with van der Waals surface area (Å²) in [5, 5.41) is 2.82. The number of amides is 1. The number of ether oxygens (including phenoxy) is 2. The van der Waals surface area contributed by atoms with Crippen molar-refractivity contribution in [3.63, 3.8) is 0 Å². The van der Waals surface area contributed by atoms with Gasteiger partial charge >= 0.3 is 0 Å². The highest BCUT2D eigenvalue weighted by Gasteiger charge is 2.19. The maximum atomic E-state index is 12.0. The van der Waals surface area contributed by atoms with Crippen molar-refractivity contribution >= 4 is 11.6 Å². The molecular formula is C14H22N2O3. The lowest BCUT2D eigenvalue weighted by molar-refractivity contribution is -0.00815. The number of nitrogens with two attached hydrogens (primary N) is 1.